The summed E-state index contributed by atoms with van der Waals surface area (Å²) in [6, 6.07) is 9.33. The molecule has 2 atom stereocenters. The van der Waals surface area contributed by atoms with Crippen molar-refractivity contribution in [3.63, 3.8) is 0 Å². The van der Waals surface area contributed by atoms with E-state index in [2.05, 4.69) is 30.4 Å². The third-order valence-corrected chi connectivity index (χ3v) is 3.96. The van der Waals surface area contributed by atoms with E-state index in [-0.39, 0.29) is 12.4 Å². The molecule has 20 heavy (non-hydrogen) atoms. The van der Waals surface area contributed by atoms with Gasteiger partial charge in [0.2, 0.25) is 0 Å². The van der Waals surface area contributed by atoms with Gasteiger partial charge in [0.1, 0.15) is 5.75 Å². The molecule has 0 fully saturated rings. The van der Waals surface area contributed by atoms with E-state index < -0.39 is 0 Å². The number of aryl methyl sites for hydroxylation is 1. The molecular weight excluding hydrogens is 272 g/mol. The largest absolute Gasteiger partial charge is 0.496 e. The molecule has 0 saturated heterocycles. The maximum Gasteiger partial charge on any atom is 0.122 e. The van der Waals surface area contributed by atoms with Crippen molar-refractivity contribution in [3.8, 4) is 11.8 Å². The molecule has 1 aromatic carbocycles. The van der Waals surface area contributed by atoms with Gasteiger partial charge in [0, 0.05) is 12.1 Å². The number of nitrogens with zero attached hydrogens (tertiary/aromatic N) is 1. The van der Waals surface area contributed by atoms with Gasteiger partial charge in [0.15, 0.2) is 0 Å². The number of hydrogen-bond acceptors (Lipinski definition) is 3. The van der Waals surface area contributed by atoms with Crippen LogP contribution in [0.15, 0.2) is 18.2 Å². The Morgan fingerprint density at radius 2 is 2.30 bits per heavy atom. The minimum absolute atomic E-state index is 0. The van der Waals surface area contributed by atoms with Crippen LogP contribution in [0.1, 0.15) is 37.3 Å². The fourth-order valence-electron chi connectivity index (χ4n) is 2.85. The number of hydrogen-bond donors (Lipinski definition) is 1. The van der Waals surface area contributed by atoms with Crippen molar-refractivity contribution in [1.29, 1.82) is 5.26 Å². The molecular formula is C16H23ClN2O. The molecule has 0 aromatic heterocycles. The maximum atomic E-state index is 8.83. The smallest absolute Gasteiger partial charge is 0.122 e. The van der Waals surface area contributed by atoms with Crippen molar-refractivity contribution in [1.82, 2.24) is 5.32 Å². The third-order valence-electron chi connectivity index (χ3n) is 3.96. The van der Waals surface area contributed by atoms with E-state index in [1.807, 2.05) is 6.07 Å². The lowest BCUT2D eigenvalue weighted by Gasteiger charge is -2.29. The average molecular weight is 295 g/mol. The van der Waals surface area contributed by atoms with E-state index in [0.717, 1.165) is 31.4 Å². The first-order valence-corrected chi connectivity index (χ1v) is 7.06. The summed E-state index contributed by atoms with van der Waals surface area (Å²) in [4.78, 5) is 0. The molecule has 1 aliphatic carbocycles. The second-order valence-corrected chi connectivity index (χ2v) is 5.17. The molecule has 0 spiro atoms. The van der Waals surface area contributed by atoms with Crippen LogP contribution in [-0.2, 0) is 12.8 Å². The van der Waals surface area contributed by atoms with E-state index in [1.54, 1.807) is 7.11 Å². The Kier molecular flexibility index (Phi) is 6.84. The van der Waals surface area contributed by atoms with Crippen LogP contribution in [0.25, 0.3) is 0 Å². The second kappa shape index (κ2) is 8.14. The van der Waals surface area contributed by atoms with Gasteiger partial charge in [0.05, 0.1) is 19.6 Å². The molecule has 0 bridgehead atoms. The van der Waals surface area contributed by atoms with E-state index in [9.17, 15) is 0 Å². The molecule has 1 N–H and O–H groups in total. The molecule has 2 rings (SSSR count). The minimum Gasteiger partial charge on any atom is -0.496 e. The number of ether oxygens (including phenoxy) is 1. The first-order chi connectivity index (χ1) is 9.28. The van der Waals surface area contributed by atoms with Crippen molar-refractivity contribution in [2.75, 3.05) is 7.11 Å². The summed E-state index contributed by atoms with van der Waals surface area (Å²) >= 11 is 0. The lowest BCUT2D eigenvalue weighted by molar-refractivity contribution is 0.370. The summed E-state index contributed by atoms with van der Waals surface area (Å²) in [7, 11) is 1.73. The fourth-order valence-corrected chi connectivity index (χ4v) is 2.85. The maximum absolute atomic E-state index is 8.83. The quantitative estimate of drug-likeness (QED) is 0.906. The number of fused-ring (bicyclic) bond motifs is 1. The first kappa shape index (κ1) is 16.8. The van der Waals surface area contributed by atoms with Gasteiger partial charge in [-0.1, -0.05) is 19.1 Å². The van der Waals surface area contributed by atoms with E-state index >= 15 is 0 Å². The third kappa shape index (κ3) is 3.88. The number of nitriles is 1. The molecule has 1 aromatic rings. The molecule has 2 unspecified atom stereocenters. The number of methoxy groups -OCH3 is 1. The lowest BCUT2D eigenvalue weighted by Crippen LogP contribution is -2.41. The Labute approximate surface area is 127 Å². The van der Waals surface area contributed by atoms with Crippen molar-refractivity contribution in [3.05, 3.63) is 29.3 Å². The van der Waals surface area contributed by atoms with Gasteiger partial charge in [-0.3, -0.25) is 0 Å². The summed E-state index contributed by atoms with van der Waals surface area (Å²) < 4.78 is 5.46. The summed E-state index contributed by atoms with van der Waals surface area (Å²) in [5, 5.41) is 12.4. The molecule has 1 aliphatic rings. The zero-order valence-corrected chi connectivity index (χ0v) is 13.0. The number of benzene rings is 1. The Morgan fingerprint density at radius 3 is 2.95 bits per heavy atom. The second-order valence-electron chi connectivity index (χ2n) is 5.17. The van der Waals surface area contributed by atoms with Crippen LogP contribution < -0.4 is 10.1 Å². The van der Waals surface area contributed by atoms with Gasteiger partial charge < -0.3 is 10.1 Å². The van der Waals surface area contributed by atoms with Crippen molar-refractivity contribution in [2.45, 2.75) is 51.1 Å². The Hall–Kier alpha value is -1.24. The zero-order chi connectivity index (χ0) is 13.7. The number of nitrogens with one attached hydrogen (secondary N) is 1. The molecule has 3 nitrogen and oxygen atoms in total. The lowest BCUT2D eigenvalue weighted by atomic mass is 9.87. The van der Waals surface area contributed by atoms with Crippen LogP contribution in [0, 0.1) is 11.3 Å². The summed E-state index contributed by atoms with van der Waals surface area (Å²) in [6.07, 6.45) is 4.82. The monoisotopic (exact) mass is 294 g/mol. The Morgan fingerprint density at radius 1 is 1.50 bits per heavy atom. The van der Waals surface area contributed by atoms with Gasteiger partial charge in [-0.15, -0.1) is 12.4 Å². The fraction of sp³-hybridized carbons (Fsp3) is 0.562. The topological polar surface area (TPSA) is 45.0 Å². The number of halogens is 1. The molecule has 0 amide bonds. The van der Waals surface area contributed by atoms with Crippen molar-refractivity contribution >= 4 is 12.4 Å². The highest BCUT2D eigenvalue weighted by atomic mass is 35.5. The van der Waals surface area contributed by atoms with Crippen LogP contribution in [0.2, 0.25) is 0 Å². The van der Waals surface area contributed by atoms with Crippen LogP contribution >= 0.6 is 12.4 Å². The van der Waals surface area contributed by atoms with E-state index in [1.165, 1.54) is 11.1 Å². The van der Waals surface area contributed by atoms with Crippen LogP contribution in [0.5, 0.6) is 5.75 Å². The van der Waals surface area contributed by atoms with Gasteiger partial charge in [-0.25, -0.2) is 0 Å². The standard InChI is InChI=1S/C16H22N2O.ClH/c1-3-13(9-10-17)18-14-8-7-12-5-4-6-16(19-2)15(12)11-14;/h4-6,13-14,18H,3,7-9,11H2,1-2H3;1H. The predicted octanol–water partition coefficient (Wildman–Crippen LogP) is 3.26. The molecule has 0 heterocycles. The van der Waals surface area contributed by atoms with Gasteiger partial charge in [-0.2, -0.15) is 5.26 Å². The van der Waals surface area contributed by atoms with E-state index in [4.69, 9.17) is 10.00 Å². The average Bonchev–Trinajstić information content (AvgIpc) is 2.46. The van der Waals surface area contributed by atoms with Crippen LogP contribution in [-0.4, -0.2) is 19.2 Å². The van der Waals surface area contributed by atoms with Crippen LogP contribution in [0.4, 0.5) is 0 Å². The normalized spacial score (nSPS) is 18.4. The Balaban J connectivity index is 0.00000200. The highest BCUT2D eigenvalue weighted by Gasteiger charge is 2.22. The van der Waals surface area contributed by atoms with Crippen molar-refractivity contribution < 1.29 is 4.74 Å². The molecule has 0 aliphatic heterocycles. The SMILES string of the molecule is CCC(CC#N)NC1CCc2cccc(OC)c2C1.Cl. The molecule has 0 radical (unpaired) electrons. The molecule has 4 heteroatoms. The zero-order valence-electron chi connectivity index (χ0n) is 12.2. The van der Waals surface area contributed by atoms with E-state index in [0.29, 0.717) is 18.5 Å². The summed E-state index contributed by atoms with van der Waals surface area (Å²) in [6.45, 7) is 2.13. The Bertz CT molecular complexity index is 456. The van der Waals surface area contributed by atoms with Gasteiger partial charge in [-0.05, 0) is 42.9 Å². The van der Waals surface area contributed by atoms with Crippen LogP contribution in [0.3, 0.4) is 0 Å². The van der Waals surface area contributed by atoms with Gasteiger partial charge >= 0.3 is 0 Å². The number of rotatable bonds is 5. The molecule has 0 saturated carbocycles. The highest BCUT2D eigenvalue weighted by Crippen LogP contribution is 2.29. The molecule has 110 valence electrons. The minimum atomic E-state index is 0. The summed E-state index contributed by atoms with van der Waals surface area (Å²) in [5.74, 6) is 0.998. The summed E-state index contributed by atoms with van der Waals surface area (Å²) in [5.41, 5.74) is 2.74. The van der Waals surface area contributed by atoms with Gasteiger partial charge in [0.25, 0.3) is 0 Å². The van der Waals surface area contributed by atoms with Crippen molar-refractivity contribution in [2.24, 2.45) is 0 Å². The first-order valence-electron chi connectivity index (χ1n) is 7.06. The highest BCUT2D eigenvalue weighted by molar-refractivity contribution is 5.85. The predicted molar refractivity (Wildman–Crippen MR) is 83.5 cm³/mol.